The van der Waals surface area contributed by atoms with Crippen LogP contribution < -0.4 is 11.1 Å². The molecule has 5 aromatic rings. The van der Waals surface area contributed by atoms with Crippen molar-refractivity contribution in [3.63, 3.8) is 0 Å². The second-order valence-electron chi connectivity index (χ2n) is 11.9. The molecule has 0 fully saturated rings. The predicted octanol–water partition coefficient (Wildman–Crippen LogP) is 7.28. The van der Waals surface area contributed by atoms with Gasteiger partial charge in [-0.1, -0.05) is 50.2 Å². The van der Waals surface area contributed by atoms with Gasteiger partial charge in [-0.15, -0.1) is 21.5 Å². The van der Waals surface area contributed by atoms with Gasteiger partial charge in [0.05, 0.1) is 33.4 Å². The molecule has 46 heavy (non-hydrogen) atoms. The zero-order chi connectivity index (χ0) is 32.5. The van der Waals surface area contributed by atoms with Gasteiger partial charge in [0, 0.05) is 23.8 Å². The van der Waals surface area contributed by atoms with Crippen molar-refractivity contribution in [2.45, 2.75) is 58.7 Å². The molecule has 0 radical (unpaired) electrons. The number of aryl methyl sites for hydroxylation is 2. The molecule has 0 aliphatic heterocycles. The maximum Gasteiger partial charge on any atom is 0.261 e. The largest absolute Gasteiger partial charge is 0.421 e. The summed E-state index contributed by atoms with van der Waals surface area (Å²) in [5.74, 6) is -1.05. The molecule has 1 aliphatic carbocycles. The third kappa shape index (κ3) is 6.32. The lowest BCUT2D eigenvalue weighted by molar-refractivity contribution is 0.0939. The van der Waals surface area contributed by atoms with Crippen LogP contribution in [-0.2, 0) is 19.3 Å². The Bertz CT molecular complexity index is 1920. The van der Waals surface area contributed by atoms with Gasteiger partial charge in [0.25, 0.3) is 11.8 Å². The molecule has 3 N–H and O–H groups in total. The quantitative estimate of drug-likeness (QED) is 0.165. The Morgan fingerprint density at radius 3 is 2.48 bits per heavy atom. The predicted molar refractivity (Wildman–Crippen MR) is 172 cm³/mol. The number of nitrogens with one attached hydrogen (secondary N) is 1. The lowest BCUT2D eigenvalue weighted by Gasteiger charge is -2.20. The fourth-order valence-electron chi connectivity index (χ4n) is 6.00. The molecule has 0 spiro atoms. The van der Waals surface area contributed by atoms with Gasteiger partial charge in [0.1, 0.15) is 12.0 Å². The monoisotopic (exact) mass is 641 g/mol. The van der Waals surface area contributed by atoms with E-state index in [-0.39, 0.29) is 58.5 Å². The minimum atomic E-state index is -1.56. The van der Waals surface area contributed by atoms with Crippen molar-refractivity contribution >= 4 is 23.2 Å². The molecule has 11 heteroatoms. The first-order valence-corrected chi connectivity index (χ1v) is 15.9. The molecule has 6 rings (SSSR count). The molecule has 2 amide bonds. The topological polar surface area (TPSA) is 124 Å². The molecule has 0 saturated heterocycles. The van der Waals surface area contributed by atoms with Crippen LogP contribution >= 0.6 is 11.3 Å². The van der Waals surface area contributed by atoms with E-state index in [2.05, 4.69) is 21.6 Å². The number of aromatic nitrogens is 3. The van der Waals surface area contributed by atoms with Crippen LogP contribution in [-0.4, -0.2) is 27.0 Å². The van der Waals surface area contributed by atoms with Crippen molar-refractivity contribution in [2.75, 3.05) is 0 Å². The van der Waals surface area contributed by atoms with Gasteiger partial charge in [-0.2, -0.15) is 0 Å². The maximum atomic E-state index is 15.9. The minimum Gasteiger partial charge on any atom is -0.421 e. The molecule has 236 valence electrons. The van der Waals surface area contributed by atoms with Gasteiger partial charge in [0.2, 0.25) is 11.8 Å². The average molecular weight is 642 g/mol. The van der Waals surface area contributed by atoms with E-state index in [0.29, 0.717) is 27.4 Å². The van der Waals surface area contributed by atoms with E-state index >= 15 is 4.39 Å². The molecular formula is C35H33F2N5O3S. The van der Waals surface area contributed by atoms with E-state index < -0.39 is 17.9 Å². The number of carbonyl (C=O) groups is 2. The number of hydrogen-bond donors (Lipinski definition) is 2. The lowest BCUT2D eigenvalue weighted by atomic mass is 9.91. The Hall–Kier alpha value is -4.77. The number of hydrogen-bond acceptors (Lipinski definition) is 7. The summed E-state index contributed by atoms with van der Waals surface area (Å²) >= 11 is 1.19. The number of thiophene rings is 1. The molecule has 2 atom stereocenters. The Morgan fingerprint density at radius 1 is 1.02 bits per heavy atom. The number of fused-ring (bicyclic) bond motifs is 1. The van der Waals surface area contributed by atoms with Crippen LogP contribution in [0.25, 0.3) is 21.9 Å². The Kier molecular flexibility index (Phi) is 8.77. The summed E-state index contributed by atoms with van der Waals surface area (Å²) in [5, 5.41) is 11.4. The highest BCUT2D eigenvalue weighted by molar-refractivity contribution is 7.17. The molecule has 0 bridgehead atoms. The van der Waals surface area contributed by atoms with E-state index in [9.17, 15) is 14.0 Å². The number of alkyl halides is 1. The molecule has 3 heterocycles. The number of carbonyl (C=O) groups excluding carboxylic acids is 2. The van der Waals surface area contributed by atoms with Gasteiger partial charge in [-0.3, -0.25) is 14.6 Å². The normalized spacial score (nSPS) is 14.8. The van der Waals surface area contributed by atoms with Gasteiger partial charge >= 0.3 is 0 Å². The van der Waals surface area contributed by atoms with Crippen LogP contribution in [0.1, 0.15) is 86.5 Å². The van der Waals surface area contributed by atoms with Crippen molar-refractivity contribution in [3.8, 4) is 21.9 Å². The third-order valence-electron chi connectivity index (χ3n) is 8.05. The van der Waals surface area contributed by atoms with Crippen LogP contribution in [0.15, 0.2) is 65.1 Å². The molecule has 3 aromatic heterocycles. The zero-order valence-corrected chi connectivity index (χ0v) is 26.5. The molecule has 2 unspecified atom stereocenters. The molecular weight excluding hydrogens is 608 g/mol. The Morgan fingerprint density at radius 2 is 1.78 bits per heavy atom. The first kappa shape index (κ1) is 31.2. The third-order valence-corrected chi connectivity index (χ3v) is 9.16. The van der Waals surface area contributed by atoms with Crippen LogP contribution in [0, 0.1) is 18.7 Å². The van der Waals surface area contributed by atoms with Crippen molar-refractivity contribution in [2.24, 2.45) is 11.7 Å². The summed E-state index contributed by atoms with van der Waals surface area (Å²) in [4.78, 5) is 32.5. The molecule has 8 nitrogen and oxygen atoms in total. The second kappa shape index (κ2) is 12.9. The number of benzene rings is 2. The van der Waals surface area contributed by atoms with Gasteiger partial charge in [-0.05, 0) is 66.1 Å². The van der Waals surface area contributed by atoms with E-state index in [0.717, 1.165) is 18.4 Å². The minimum absolute atomic E-state index is 0.0434. The highest BCUT2D eigenvalue weighted by Gasteiger charge is 2.31. The smallest absolute Gasteiger partial charge is 0.261 e. The van der Waals surface area contributed by atoms with Crippen LogP contribution in [0.2, 0.25) is 0 Å². The first-order chi connectivity index (χ1) is 22.1. The number of nitrogens with zero attached hydrogens (tertiary/aromatic N) is 3. The summed E-state index contributed by atoms with van der Waals surface area (Å²) in [6, 6.07) is 16.6. The van der Waals surface area contributed by atoms with E-state index in [1.54, 1.807) is 19.1 Å². The van der Waals surface area contributed by atoms with Crippen molar-refractivity contribution in [1.82, 2.24) is 20.5 Å². The first-order valence-electron chi connectivity index (χ1n) is 15.1. The second-order valence-corrected chi connectivity index (χ2v) is 13.0. The van der Waals surface area contributed by atoms with E-state index in [4.69, 9.17) is 15.1 Å². The molecule has 0 saturated carbocycles. The van der Waals surface area contributed by atoms with E-state index in [1.807, 2.05) is 32.0 Å². The van der Waals surface area contributed by atoms with Crippen LogP contribution in [0.4, 0.5) is 8.78 Å². The summed E-state index contributed by atoms with van der Waals surface area (Å²) < 4.78 is 35.3. The SMILES string of the molecule is Cc1nnc(-c2c(CC(F)c3ccc(F)cc3)nc(CC(C)C)c(C(N)=O)c2-c2ccc(C(=O)NC3CCc4ccccc43)s2)o1. The molecule has 2 aromatic carbocycles. The summed E-state index contributed by atoms with van der Waals surface area (Å²) in [5.41, 5.74) is 10.1. The fraction of sp³-hybridized carbons (Fsp3) is 0.286. The van der Waals surface area contributed by atoms with Crippen LogP contribution in [0.5, 0.6) is 0 Å². The van der Waals surface area contributed by atoms with Crippen molar-refractivity contribution < 1.29 is 22.8 Å². The zero-order valence-electron chi connectivity index (χ0n) is 25.6. The summed E-state index contributed by atoms with van der Waals surface area (Å²) in [6.07, 6.45) is 0.292. The number of nitrogens with two attached hydrogens (primary N) is 1. The number of halogens is 2. The lowest BCUT2D eigenvalue weighted by Crippen LogP contribution is -2.26. The average Bonchev–Trinajstić information content (AvgIpc) is 3.77. The van der Waals surface area contributed by atoms with Gasteiger partial charge in [0.15, 0.2) is 0 Å². The number of rotatable bonds is 10. The summed E-state index contributed by atoms with van der Waals surface area (Å²) in [6.45, 7) is 5.58. The molecule has 1 aliphatic rings. The highest BCUT2D eigenvalue weighted by atomic mass is 32.1. The number of amides is 2. The van der Waals surface area contributed by atoms with Crippen molar-refractivity contribution in [3.05, 3.63) is 111 Å². The highest BCUT2D eigenvalue weighted by Crippen LogP contribution is 2.43. The standard InChI is InChI=1S/C35H33F2N5O3S/c1-18(2)16-26-30(33(38)43)32(28-14-15-29(46-28)34(44)40-25-13-10-20-6-4-5-7-23(20)25)31(35-42-41-19(3)45-35)27(39-26)17-24(37)21-8-11-22(36)12-9-21/h4-9,11-12,14-15,18,24-25H,10,13,16-17H2,1-3H3,(H2,38,43)(H,40,44). The summed E-state index contributed by atoms with van der Waals surface area (Å²) in [7, 11) is 0. The fourth-order valence-corrected chi connectivity index (χ4v) is 6.97. The van der Waals surface area contributed by atoms with Gasteiger partial charge < -0.3 is 15.5 Å². The van der Waals surface area contributed by atoms with Crippen molar-refractivity contribution in [1.29, 1.82) is 0 Å². The van der Waals surface area contributed by atoms with Crippen LogP contribution in [0.3, 0.4) is 0 Å². The Labute approximate surface area is 269 Å². The van der Waals surface area contributed by atoms with Gasteiger partial charge in [-0.25, -0.2) is 8.78 Å². The number of primary amides is 1. The Balaban J connectivity index is 1.48. The van der Waals surface area contributed by atoms with E-state index in [1.165, 1.54) is 41.2 Å². The maximum absolute atomic E-state index is 15.9. The number of pyridine rings is 1.